The molecule has 0 aliphatic heterocycles. The second-order valence-electron chi connectivity index (χ2n) is 0.862. The minimum absolute atomic E-state index is 0. The van der Waals surface area contributed by atoms with Crippen LogP contribution in [0.15, 0.2) is 0 Å². The molecular formula is H3NaO7S4. The van der Waals surface area contributed by atoms with Crippen LogP contribution in [-0.2, 0) is 40.5 Å². The van der Waals surface area contributed by atoms with Crippen LogP contribution in [-0.4, -0.2) is 30.8 Å². The van der Waals surface area contributed by atoms with E-state index < -0.39 is 29.3 Å². The second-order valence-corrected chi connectivity index (χ2v) is 5.56. The maximum atomic E-state index is 9.26. The zero-order valence-corrected chi connectivity index (χ0v) is 10.9. The van der Waals surface area contributed by atoms with Crippen LogP contribution < -0.4 is 29.6 Å². The van der Waals surface area contributed by atoms with Crippen molar-refractivity contribution in [1.29, 1.82) is 0 Å². The van der Waals surface area contributed by atoms with Gasteiger partial charge in [0.15, 0.2) is 0 Å². The van der Waals surface area contributed by atoms with E-state index in [1.54, 1.807) is 0 Å². The average Bonchev–Trinajstić information content (AvgIpc) is 1.59. The van der Waals surface area contributed by atoms with Gasteiger partial charge in [0.05, 0.1) is 9.05 Å². The van der Waals surface area contributed by atoms with Gasteiger partial charge >= 0.3 is 29.6 Å². The topological polar surface area (TPSA) is 135 Å². The van der Waals surface area contributed by atoms with Gasteiger partial charge in [0.2, 0.25) is 0 Å². The molecule has 0 spiro atoms. The normalized spacial score (nSPS) is 18.7. The Balaban J connectivity index is -0.000000126. The Kier molecular flexibility index (Phi) is 14.5. The summed E-state index contributed by atoms with van der Waals surface area (Å²) < 4.78 is 58.9. The van der Waals surface area contributed by atoms with Crippen molar-refractivity contribution in [2.24, 2.45) is 0 Å². The fourth-order valence-corrected chi connectivity index (χ4v) is 0. The van der Waals surface area contributed by atoms with E-state index in [2.05, 4.69) is 11.2 Å². The van der Waals surface area contributed by atoms with Crippen molar-refractivity contribution >= 4 is 40.5 Å². The van der Waals surface area contributed by atoms with E-state index in [-0.39, 0.29) is 29.6 Å². The van der Waals surface area contributed by atoms with Gasteiger partial charge in [-0.1, -0.05) is 0 Å². The summed E-state index contributed by atoms with van der Waals surface area (Å²) in [6.07, 6.45) is 0. The molecule has 0 fully saturated rings. The summed E-state index contributed by atoms with van der Waals surface area (Å²) in [5, 5.41) is 0. The number of rotatable bonds is 1. The molecule has 7 nitrogen and oxygen atoms in total. The van der Waals surface area contributed by atoms with Crippen molar-refractivity contribution in [1.82, 2.24) is 0 Å². The van der Waals surface area contributed by atoms with Crippen molar-refractivity contribution in [3.8, 4) is 0 Å². The summed E-state index contributed by atoms with van der Waals surface area (Å²) >= 11 is 3.35. The van der Waals surface area contributed by atoms with Crippen molar-refractivity contribution in [3.05, 3.63) is 0 Å². The first-order valence-electron chi connectivity index (χ1n) is 1.55. The molecule has 0 amide bonds. The van der Waals surface area contributed by atoms with Gasteiger partial charge in [-0.3, -0.25) is 9.11 Å². The van der Waals surface area contributed by atoms with Gasteiger partial charge in [-0.25, -0.2) is 12.6 Å². The molecule has 0 saturated carbocycles. The second kappa shape index (κ2) is 9.08. The number of hydrogen-bond acceptors (Lipinski definition) is 5. The first-order chi connectivity index (χ1) is 4.64. The van der Waals surface area contributed by atoms with Crippen LogP contribution in [0.25, 0.3) is 0 Å². The standard InChI is InChI=1S/Na.H2O4S2.H2O3S2/c;1-5(2)6(3)4;1-5(2,3)4/h;(H,1,2)(H,3,4);(H2,1,2,3,4)/q+1;;/p-1. The Labute approximate surface area is 99.9 Å². The van der Waals surface area contributed by atoms with E-state index >= 15 is 0 Å². The molecule has 0 heterocycles. The van der Waals surface area contributed by atoms with Crippen LogP contribution in [0.1, 0.15) is 0 Å². The first kappa shape index (κ1) is 19.1. The molecule has 0 rings (SSSR count). The van der Waals surface area contributed by atoms with Crippen LogP contribution in [0.5, 0.6) is 0 Å². The van der Waals surface area contributed by atoms with Gasteiger partial charge in [-0.15, -0.1) is 0 Å². The van der Waals surface area contributed by atoms with Crippen LogP contribution in [0, 0.1) is 0 Å². The fourth-order valence-electron chi connectivity index (χ4n) is 0. The first-order valence-corrected chi connectivity index (χ1v) is 6.64. The summed E-state index contributed by atoms with van der Waals surface area (Å²) in [6.45, 7) is 0. The predicted octanol–water partition coefficient (Wildman–Crippen LogP) is -4.32. The van der Waals surface area contributed by atoms with Crippen molar-refractivity contribution in [2.75, 3.05) is 0 Å². The molecule has 12 heteroatoms. The third-order valence-corrected chi connectivity index (χ3v) is 1.10. The Morgan fingerprint density at radius 1 is 1.25 bits per heavy atom. The van der Waals surface area contributed by atoms with Gasteiger partial charge < -0.3 is 9.11 Å². The molecule has 0 aliphatic carbocycles. The summed E-state index contributed by atoms with van der Waals surface area (Å²) in [7, 11) is -9.26. The van der Waals surface area contributed by atoms with Gasteiger partial charge in [0.1, 0.15) is 0 Å². The Morgan fingerprint density at radius 2 is 1.33 bits per heavy atom. The Morgan fingerprint density at radius 3 is 1.33 bits per heavy atom. The van der Waals surface area contributed by atoms with E-state index in [1.807, 2.05) is 0 Å². The maximum Gasteiger partial charge on any atom is 1.00 e. The molecule has 3 unspecified atom stereocenters. The molecule has 0 aliphatic rings. The molecule has 12 heavy (non-hydrogen) atoms. The van der Waals surface area contributed by atoms with Crippen molar-refractivity contribution in [3.63, 3.8) is 0 Å². The molecule has 0 saturated heterocycles. The minimum Gasteiger partial charge on any atom is -0.748 e. The largest absolute Gasteiger partial charge is 1.00 e. The van der Waals surface area contributed by atoms with E-state index in [1.165, 1.54) is 0 Å². The van der Waals surface area contributed by atoms with Crippen molar-refractivity contribution in [2.45, 2.75) is 0 Å². The molecule has 0 aromatic heterocycles. The van der Waals surface area contributed by atoms with Crippen molar-refractivity contribution < 1.29 is 60.4 Å². The van der Waals surface area contributed by atoms with Gasteiger partial charge in [0.25, 0.3) is 20.2 Å². The summed E-state index contributed by atoms with van der Waals surface area (Å²) in [5.74, 6) is 0. The summed E-state index contributed by atoms with van der Waals surface area (Å²) in [6, 6.07) is 0. The van der Waals surface area contributed by atoms with Gasteiger partial charge in [-0.05, 0) is 11.2 Å². The zero-order valence-electron chi connectivity index (χ0n) is 5.61. The smallest absolute Gasteiger partial charge is 0.748 e. The molecule has 70 valence electrons. The van der Waals surface area contributed by atoms with Crippen LogP contribution in [0.4, 0.5) is 0 Å². The van der Waals surface area contributed by atoms with E-state index in [0.717, 1.165) is 0 Å². The quantitative estimate of drug-likeness (QED) is 0.246. The molecule has 3 N–H and O–H groups in total. The predicted molar refractivity (Wildman–Crippen MR) is 40.5 cm³/mol. The average molecular weight is 266 g/mol. The maximum absolute atomic E-state index is 9.26. The van der Waals surface area contributed by atoms with E-state index in [4.69, 9.17) is 22.4 Å². The fraction of sp³-hybridized carbons (Fsp3) is 0. The van der Waals surface area contributed by atoms with Crippen LogP contribution >= 0.6 is 0 Å². The van der Waals surface area contributed by atoms with E-state index in [0.29, 0.717) is 0 Å². The van der Waals surface area contributed by atoms with Crippen LogP contribution in [0.3, 0.4) is 0 Å². The summed E-state index contributed by atoms with van der Waals surface area (Å²) in [4.78, 5) is 0. The molecule has 3 atom stereocenters. The van der Waals surface area contributed by atoms with Gasteiger partial charge in [-0.2, -0.15) is 0 Å². The van der Waals surface area contributed by atoms with Crippen LogP contribution in [0.2, 0.25) is 0 Å². The SMILES string of the molecule is O=S(O)S(=O)O.O=S([O-])(O)=S.[Na+]. The van der Waals surface area contributed by atoms with Gasteiger partial charge in [0, 0.05) is 0 Å². The Hall–Kier alpha value is 1.51. The molecule has 0 bridgehead atoms. The molecule has 0 radical (unpaired) electrons. The molecule has 0 aromatic rings. The molecule has 0 aromatic carbocycles. The monoisotopic (exact) mass is 266 g/mol. The third kappa shape index (κ3) is 41.9. The van der Waals surface area contributed by atoms with E-state index in [9.17, 15) is 8.42 Å². The zero-order chi connectivity index (χ0) is 9.65. The third-order valence-electron chi connectivity index (χ3n) is 0.122. The molecular weight excluding hydrogens is 263 g/mol. The Bertz CT molecular complexity index is 218. The summed E-state index contributed by atoms with van der Waals surface area (Å²) in [5.41, 5.74) is 0. The minimum atomic E-state index is -4.08. The number of hydrogen-bond donors (Lipinski definition) is 3.